The van der Waals surface area contributed by atoms with Crippen LogP contribution in [0, 0.1) is 13.8 Å². The normalized spacial score (nSPS) is 13.5. The SMILES string of the molecule is CCCc1cc(N(c2cccc3c2CCCC3)c2cccc3c2c2ccccc2n3-c2ccccc2C)c2ccc3c(CCC)cc(N(c4cccc5c4CCCC5)c4cccc5c4c4ccccc4n5-c4ccccc4C)c4ccc1c2c34. The van der Waals surface area contributed by atoms with Gasteiger partial charge in [0.15, 0.2) is 0 Å². The van der Waals surface area contributed by atoms with Gasteiger partial charge in [0.1, 0.15) is 0 Å². The Kier molecular flexibility index (Phi) is 12.3. The molecule has 4 heteroatoms. The molecule has 0 N–H and O–H groups in total. The van der Waals surface area contributed by atoms with Crippen molar-refractivity contribution in [1.29, 1.82) is 0 Å². The van der Waals surface area contributed by atoms with Crippen LogP contribution in [-0.2, 0) is 38.5 Å². The van der Waals surface area contributed by atoms with Crippen molar-refractivity contribution < 1.29 is 0 Å². The first kappa shape index (κ1) is 50.6. The summed E-state index contributed by atoms with van der Waals surface area (Å²) in [6.07, 6.45) is 13.2. The zero-order chi connectivity index (χ0) is 56.2. The number of nitrogens with zero attached hydrogens (tertiary/aromatic N) is 4. The third kappa shape index (κ3) is 7.72. The fraction of sp³-hybridized carbons (Fsp3) is 0.200. The Bertz CT molecular complexity index is 4620. The Morgan fingerprint density at radius 3 is 1.15 bits per heavy atom. The van der Waals surface area contributed by atoms with E-state index < -0.39 is 0 Å². The molecule has 2 aliphatic rings. The summed E-state index contributed by atoms with van der Waals surface area (Å²) in [6.45, 7) is 9.21. The van der Waals surface area contributed by atoms with Gasteiger partial charge in [0, 0.05) is 55.1 Å². The molecule has 2 aliphatic carbocycles. The summed E-state index contributed by atoms with van der Waals surface area (Å²) < 4.78 is 5.03. The maximum Gasteiger partial charge on any atom is 0.0562 e. The van der Waals surface area contributed by atoms with Crippen molar-refractivity contribution in [3.8, 4) is 11.4 Å². The summed E-state index contributed by atoms with van der Waals surface area (Å²) in [4.78, 5) is 5.46. The van der Waals surface area contributed by atoms with Crippen LogP contribution in [0.25, 0.3) is 87.3 Å². The lowest BCUT2D eigenvalue weighted by Crippen LogP contribution is -2.17. The second kappa shape index (κ2) is 20.3. The van der Waals surface area contributed by atoms with Crippen LogP contribution >= 0.6 is 0 Å². The van der Waals surface area contributed by atoms with Crippen LogP contribution < -0.4 is 9.80 Å². The summed E-state index contributed by atoms with van der Waals surface area (Å²) in [5.74, 6) is 0. The molecule has 16 rings (SSSR count). The van der Waals surface area contributed by atoms with E-state index in [-0.39, 0.29) is 0 Å². The predicted molar refractivity (Wildman–Crippen MR) is 359 cm³/mol. The third-order valence-corrected chi connectivity index (χ3v) is 19.3. The van der Waals surface area contributed by atoms with E-state index in [0.29, 0.717) is 0 Å². The molecule has 0 amide bonds. The molecular weight excluding hydrogens is 1020 g/mol. The van der Waals surface area contributed by atoms with Crippen LogP contribution in [0.1, 0.15) is 96.9 Å². The van der Waals surface area contributed by atoms with Gasteiger partial charge in [-0.05, 0) is 217 Å². The summed E-state index contributed by atoms with van der Waals surface area (Å²) in [5.41, 5.74) is 26.1. The van der Waals surface area contributed by atoms with Gasteiger partial charge in [0.25, 0.3) is 0 Å². The first-order valence-electron chi connectivity index (χ1n) is 31.2. The zero-order valence-electron chi connectivity index (χ0n) is 48.9. The zero-order valence-corrected chi connectivity index (χ0v) is 48.9. The average molecular weight is 1090 g/mol. The van der Waals surface area contributed by atoms with E-state index in [9.17, 15) is 0 Å². The number of fused-ring (bicyclic) bond motifs is 8. The van der Waals surface area contributed by atoms with Gasteiger partial charge in [-0.25, -0.2) is 0 Å². The first-order valence-corrected chi connectivity index (χ1v) is 31.2. The second-order valence-corrected chi connectivity index (χ2v) is 24.2. The van der Waals surface area contributed by atoms with Gasteiger partial charge in [-0.1, -0.05) is 160 Å². The topological polar surface area (TPSA) is 16.3 Å². The Labute approximate surface area is 493 Å². The van der Waals surface area contributed by atoms with Crippen molar-refractivity contribution in [3.63, 3.8) is 0 Å². The van der Waals surface area contributed by atoms with Gasteiger partial charge in [0.2, 0.25) is 0 Å². The summed E-state index contributed by atoms with van der Waals surface area (Å²) in [6, 6.07) is 79.8. The van der Waals surface area contributed by atoms with Gasteiger partial charge in [0.05, 0.1) is 44.8 Å². The maximum atomic E-state index is 2.73. The minimum Gasteiger partial charge on any atom is -0.309 e. The van der Waals surface area contributed by atoms with Crippen molar-refractivity contribution in [2.75, 3.05) is 9.80 Å². The molecule has 0 spiro atoms. The van der Waals surface area contributed by atoms with Crippen molar-refractivity contribution in [2.24, 2.45) is 0 Å². The number of benzene rings is 12. The molecule has 0 radical (unpaired) electrons. The minimum absolute atomic E-state index is 0.975. The van der Waals surface area contributed by atoms with Gasteiger partial charge >= 0.3 is 0 Å². The fourth-order valence-corrected chi connectivity index (χ4v) is 15.7. The average Bonchev–Trinajstić information content (AvgIpc) is 1.14. The number of para-hydroxylation sites is 4. The van der Waals surface area contributed by atoms with Gasteiger partial charge in [-0.2, -0.15) is 0 Å². The number of hydrogen-bond acceptors (Lipinski definition) is 2. The van der Waals surface area contributed by atoms with E-state index in [1.165, 1.54) is 192 Å². The van der Waals surface area contributed by atoms with Crippen LogP contribution in [0.15, 0.2) is 206 Å². The molecule has 12 aromatic carbocycles. The molecule has 2 aromatic heterocycles. The van der Waals surface area contributed by atoms with Crippen molar-refractivity contribution in [1.82, 2.24) is 9.13 Å². The van der Waals surface area contributed by atoms with Crippen LogP contribution in [0.5, 0.6) is 0 Å². The van der Waals surface area contributed by atoms with E-state index in [1.807, 2.05) is 0 Å². The molecule has 0 atom stereocenters. The molecule has 0 saturated carbocycles. The lowest BCUT2D eigenvalue weighted by molar-refractivity contribution is 0.686. The first-order chi connectivity index (χ1) is 41.5. The molecule has 0 fully saturated rings. The maximum absolute atomic E-state index is 2.73. The molecule has 2 heterocycles. The largest absolute Gasteiger partial charge is 0.309 e. The number of hydrogen-bond donors (Lipinski definition) is 0. The fourth-order valence-electron chi connectivity index (χ4n) is 15.7. The number of rotatable bonds is 12. The lowest BCUT2D eigenvalue weighted by Gasteiger charge is -2.34. The highest BCUT2D eigenvalue weighted by atomic mass is 15.2. The molecule has 0 bridgehead atoms. The van der Waals surface area contributed by atoms with Gasteiger partial charge < -0.3 is 18.9 Å². The quantitative estimate of drug-likeness (QED) is 0.113. The number of aryl methyl sites for hydroxylation is 6. The Hall–Kier alpha value is -9.12. The Balaban J connectivity index is 1.03. The smallest absolute Gasteiger partial charge is 0.0562 e. The van der Waals surface area contributed by atoms with Crippen molar-refractivity contribution in [2.45, 2.75) is 105 Å². The highest BCUT2D eigenvalue weighted by Crippen LogP contribution is 2.54. The summed E-state index contributed by atoms with van der Waals surface area (Å²) in [5, 5.41) is 13.2. The highest BCUT2D eigenvalue weighted by Gasteiger charge is 2.31. The predicted octanol–water partition coefficient (Wildman–Crippen LogP) is 22.0. The van der Waals surface area contributed by atoms with Crippen LogP contribution in [0.2, 0.25) is 0 Å². The van der Waals surface area contributed by atoms with Crippen molar-refractivity contribution >= 4 is 110 Å². The van der Waals surface area contributed by atoms with E-state index in [1.54, 1.807) is 0 Å². The molecule has 4 nitrogen and oxygen atoms in total. The molecule has 0 saturated heterocycles. The molecule has 0 unspecified atom stereocenters. The molecule has 410 valence electrons. The van der Waals surface area contributed by atoms with Gasteiger partial charge in [-0.15, -0.1) is 0 Å². The lowest BCUT2D eigenvalue weighted by atomic mass is 9.85. The third-order valence-electron chi connectivity index (χ3n) is 19.3. The molecular formula is C80H70N4. The van der Waals surface area contributed by atoms with E-state index in [4.69, 9.17) is 0 Å². The van der Waals surface area contributed by atoms with E-state index >= 15 is 0 Å². The Morgan fingerprint density at radius 2 is 0.702 bits per heavy atom. The second-order valence-electron chi connectivity index (χ2n) is 24.2. The van der Waals surface area contributed by atoms with E-state index in [2.05, 4.69) is 253 Å². The van der Waals surface area contributed by atoms with E-state index in [0.717, 1.165) is 51.4 Å². The van der Waals surface area contributed by atoms with Gasteiger partial charge in [-0.3, -0.25) is 0 Å². The number of anilines is 6. The highest BCUT2D eigenvalue weighted by molar-refractivity contribution is 6.30. The van der Waals surface area contributed by atoms with Crippen LogP contribution in [0.3, 0.4) is 0 Å². The number of aromatic nitrogens is 2. The van der Waals surface area contributed by atoms with Crippen molar-refractivity contribution in [3.05, 3.63) is 251 Å². The molecule has 0 aliphatic heterocycles. The summed E-state index contributed by atoms with van der Waals surface area (Å²) in [7, 11) is 0. The molecule has 14 aromatic rings. The Morgan fingerprint density at radius 1 is 0.321 bits per heavy atom. The van der Waals surface area contributed by atoms with Crippen LogP contribution in [-0.4, -0.2) is 9.13 Å². The monoisotopic (exact) mass is 1090 g/mol. The standard InChI is InChI=1S/C80H70N4/c1-5-23-55-49-75(83(67-39-19-29-53-27-9-11-31-57(53)67)73-43-21-41-71-79(73)61-33-13-17-37-69(61)81(71)65-35-15-7-25-51(65)3)63-48-46-60-56(24-6-2)50-76(64-47-45-59(55)77(63)78(60)64)84(68-40-20-30-54-28-10-12-32-58(54)68)74-44-22-42-72-80(74)62-34-14-18-38-70(62)82(72)66-36-16-8-26-52(66)4/h7-8,13-22,25-26,29-30,33-50H,5-6,9-12,23-24,27-28,31-32H2,1-4H3. The minimum atomic E-state index is 0.975. The summed E-state index contributed by atoms with van der Waals surface area (Å²) >= 11 is 0. The van der Waals surface area contributed by atoms with Crippen LogP contribution in [0.4, 0.5) is 34.1 Å². The molecule has 84 heavy (non-hydrogen) atoms.